The zero-order chi connectivity index (χ0) is 13.7. The number of fused-ring (bicyclic) bond motifs is 2. The first kappa shape index (κ1) is 12.8. The molecular weight excluding hydrogens is 372 g/mol. The minimum absolute atomic E-state index is 0.117. The van der Waals surface area contributed by atoms with Gasteiger partial charge in [0.2, 0.25) is 0 Å². The van der Waals surface area contributed by atoms with Gasteiger partial charge in [0.05, 0.1) is 15.5 Å². The monoisotopic (exact) mass is 380 g/mol. The number of phenols is 1. The highest BCUT2D eigenvalue weighted by molar-refractivity contribution is 9.11. The first-order valence-corrected chi connectivity index (χ1v) is 7.32. The van der Waals surface area contributed by atoms with Crippen LogP contribution in [0.4, 0.5) is 0 Å². The maximum Gasteiger partial charge on any atom is 0.157 e. The third kappa shape index (κ3) is 1.92. The number of hydrogen-bond acceptors (Lipinski definition) is 3. The highest BCUT2D eigenvalue weighted by atomic mass is 79.9. The molecule has 3 nitrogen and oxygen atoms in total. The number of hydrogen-bond donors (Lipinski definition) is 1. The lowest BCUT2D eigenvalue weighted by Gasteiger charge is -2.09. The lowest BCUT2D eigenvalue weighted by molar-refractivity contribution is 0.477. The van der Waals surface area contributed by atoms with Gasteiger partial charge in [-0.1, -0.05) is 6.07 Å². The molecule has 0 radical (unpaired) electrons. The van der Waals surface area contributed by atoms with E-state index in [4.69, 9.17) is 0 Å². The van der Waals surface area contributed by atoms with Crippen molar-refractivity contribution in [2.24, 2.45) is 0 Å². The molecule has 0 amide bonds. The van der Waals surface area contributed by atoms with Gasteiger partial charge in [0.1, 0.15) is 11.0 Å². The number of aromatic nitrogens is 2. The average molecular weight is 382 g/mol. The summed E-state index contributed by atoms with van der Waals surface area (Å²) in [4.78, 5) is 9.18. The van der Waals surface area contributed by atoms with Crippen molar-refractivity contribution in [1.82, 2.24) is 9.97 Å². The highest BCUT2D eigenvalue weighted by Crippen LogP contribution is 2.36. The fourth-order valence-corrected chi connectivity index (χ4v) is 3.28. The highest BCUT2D eigenvalue weighted by Gasteiger charge is 2.13. The van der Waals surface area contributed by atoms with Crippen LogP contribution < -0.4 is 0 Å². The van der Waals surface area contributed by atoms with E-state index in [-0.39, 0.29) is 5.75 Å². The lowest BCUT2D eigenvalue weighted by Crippen LogP contribution is -1.93. The van der Waals surface area contributed by atoms with Gasteiger partial charge in [0.25, 0.3) is 0 Å². The van der Waals surface area contributed by atoms with Crippen LogP contribution in [-0.2, 0) is 0 Å². The molecule has 0 saturated heterocycles. The molecule has 1 aromatic heterocycles. The van der Waals surface area contributed by atoms with E-state index in [0.29, 0.717) is 15.5 Å². The third-order valence-corrected chi connectivity index (χ3v) is 4.50. The molecule has 0 aliphatic rings. The van der Waals surface area contributed by atoms with Gasteiger partial charge in [0.15, 0.2) is 5.75 Å². The normalized spacial score (nSPS) is 11.4. The molecule has 5 heteroatoms. The lowest BCUT2D eigenvalue weighted by atomic mass is 10.1. The molecule has 0 atom stereocenters. The Morgan fingerprint density at radius 2 is 1.68 bits per heavy atom. The maximum atomic E-state index is 10.1. The number of nitrogens with zero attached hydrogens (tertiary/aromatic N) is 2. The number of aryl methyl sites for hydroxylation is 2. The van der Waals surface area contributed by atoms with Crippen molar-refractivity contribution in [3.63, 3.8) is 0 Å². The van der Waals surface area contributed by atoms with E-state index in [1.54, 1.807) is 6.07 Å². The van der Waals surface area contributed by atoms with Gasteiger partial charge in [-0.25, -0.2) is 9.97 Å². The predicted octanol–water partition coefficient (Wildman–Crippen LogP) is 4.63. The van der Waals surface area contributed by atoms with Crippen LogP contribution in [0.1, 0.15) is 11.1 Å². The number of benzene rings is 2. The minimum Gasteiger partial charge on any atom is -0.504 e. The van der Waals surface area contributed by atoms with E-state index in [1.807, 2.05) is 19.1 Å². The quantitative estimate of drug-likeness (QED) is 0.577. The molecule has 0 aliphatic heterocycles. The topological polar surface area (TPSA) is 46.0 Å². The van der Waals surface area contributed by atoms with Crippen molar-refractivity contribution in [2.75, 3.05) is 0 Å². The largest absolute Gasteiger partial charge is 0.504 e. The second kappa shape index (κ2) is 4.42. The average Bonchev–Trinajstić information content (AvgIpc) is 2.39. The molecule has 1 heterocycles. The van der Waals surface area contributed by atoms with Gasteiger partial charge in [-0.3, -0.25) is 0 Å². The van der Waals surface area contributed by atoms with Gasteiger partial charge in [-0.05, 0) is 69.0 Å². The zero-order valence-electron chi connectivity index (χ0n) is 10.3. The molecule has 19 heavy (non-hydrogen) atoms. The van der Waals surface area contributed by atoms with Crippen LogP contribution in [0.5, 0.6) is 5.75 Å². The summed E-state index contributed by atoms with van der Waals surface area (Å²) in [7, 11) is 0. The fraction of sp³-hybridized carbons (Fsp3) is 0.143. The number of aromatic hydroxyl groups is 1. The van der Waals surface area contributed by atoms with Gasteiger partial charge in [-0.15, -0.1) is 0 Å². The van der Waals surface area contributed by atoms with Gasteiger partial charge >= 0.3 is 0 Å². The second-order valence-corrected chi connectivity index (χ2v) is 6.19. The summed E-state index contributed by atoms with van der Waals surface area (Å²) in [5.74, 6) is 0.117. The molecule has 0 saturated carbocycles. The van der Waals surface area contributed by atoms with Crippen molar-refractivity contribution in [2.45, 2.75) is 13.8 Å². The standard InChI is InChI=1S/C14H10Br2N2O/c1-6-3-4-10-11(7(6)2)18-12-8(15)5-9(16)14(19)13(12)17-10/h3-5,19H,1-2H3. The molecule has 0 unspecified atom stereocenters. The summed E-state index contributed by atoms with van der Waals surface area (Å²) in [5.41, 5.74) is 5.12. The van der Waals surface area contributed by atoms with E-state index in [2.05, 4.69) is 48.8 Å². The molecule has 2 aromatic carbocycles. The first-order chi connectivity index (χ1) is 8.99. The van der Waals surface area contributed by atoms with Crippen LogP contribution in [0, 0.1) is 13.8 Å². The van der Waals surface area contributed by atoms with E-state index < -0.39 is 0 Å². The van der Waals surface area contributed by atoms with E-state index in [9.17, 15) is 5.11 Å². The summed E-state index contributed by atoms with van der Waals surface area (Å²) in [6.07, 6.45) is 0. The van der Waals surface area contributed by atoms with E-state index in [0.717, 1.165) is 21.1 Å². The van der Waals surface area contributed by atoms with Crippen LogP contribution in [0.3, 0.4) is 0 Å². The van der Waals surface area contributed by atoms with Crippen molar-refractivity contribution in [3.8, 4) is 5.75 Å². The fourth-order valence-electron chi connectivity index (χ4n) is 2.05. The smallest absolute Gasteiger partial charge is 0.157 e. The molecule has 0 bridgehead atoms. The maximum absolute atomic E-state index is 10.1. The van der Waals surface area contributed by atoms with Gasteiger partial charge in [0, 0.05) is 4.47 Å². The van der Waals surface area contributed by atoms with Crippen LogP contribution >= 0.6 is 31.9 Å². The van der Waals surface area contributed by atoms with Crippen molar-refractivity contribution in [1.29, 1.82) is 0 Å². The first-order valence-electron chi connectivity index (χ1n) is 5.73. The molecular formula is C14H10Br2N2O. The van der Waals surface area contributed by atoms with Crippen LogP contribution in [-0.4, -0.2) is 15.1 Å². The summed E-state index contributed by atoms with van der Waals surface area (Å²) in [5, 5.41) is 10.1. The Hall–Kier alpha value is -1.20. The molecule has 96 valence electrons. The number of halogens is 2. The van der Waals surface area contributed by atoms with Crippen LogP contribution in [0.25, 0.3) is 22.1 Å². The van der Waals surface area contributed by atoms with Gasteiger partial charge in [-0.2, -0.15) is 0 Å². The molecule has 0 aliphatic carbocycles. The zero-order valence-corrected chi connectivity index (χ0v) is 13.5. The number of phenolic OH excluding ortho intramolecular Hbond substituents is 1. The summed E-state index contributed by atoms with van der Waals surface area (Å²) >= 11 is 6.78. The SMILES string of the molecule is Cc1ccc2nc3c(O)c(Br)cc(Br)c3nc2c1C. The Labute approximate surface area is 126 Å². The molecule has 3 aromatic rings. The second-order valence-electron chi connectivity index (χ2n) is 4.48. The summed E-state index contributed by atoms with van der Waals surface area (Å²) in [6.45, 7) is 4.08. The predicted molar refractivity (Wildman–Crippen MR) is 83.6 cm³/mol. The summed E-state index contributed by atoms with van der Waals surface area (Å²) < 4.78 is 1.41. The Morgan fingerprint density at radius 3 is 2.42 bits per heavy atom. The molecule has 0 spiro atoms. The van der Waals surface area contributed by atoms with E-state index >= 15 is 0 Å². The summed E-state index contributed by atoms with van der Waals surface area (Å²) in [6, 6.07) is 5.73. The van der Waals surface area contributed by atoms with Crippen molar-refractivity contribution >= 4 is 53.9 Å². The third-order valence-electron chi connectivity index (χ3n) is 3.29. The Kier molecular flexibility index (Phi) is 2.98. The van der Waals surface area contributed by atoms with E-state index in [1.165, 1.54) is 5.56 Å². The molecule has 0 fully saturated rings. The van der Waals surface area contributed by atoms with Crippen LogP contribution in [0.15, 0.2) is 27.1 Å². The minimum atomic E-state index is 0.117. The van der Waals surface area contributed by atoms with Crippen molar-refractivity contribution < 1.29 is 5.11 Å². The Balaban J connectivity index is 2.56. The number of rotatable bonds is 0. The molecule has 1 N–H and O–H groups in total. The molecule has 3 rings (SSSR count). The van der Waals surface area contributed by atoms with Crippen molar-refractivity contribution in [3.05, 3.63) is 38.3 Å². The Bertz CT molecular complexity index is 831. The van der Waals surface area contributed by atoms with Crippen LogP contribution in [0.2, 0.25) is 0 Å². The Morgan fingerprint density at radius 1 is 0.947 bits per heavy atom. The van der Waals surface area contributed by atoms with Gasteiger partial charge < -0.3 is 5.11 Å².